The van der Waals surface area contributed by atoms with Gasteiger partial charge in [0.15, 0.2) is 0 Å². The molecule has 0 aliphatic carbocycles. The smallest absolute Gasteiger partial charge is 0.263 e. The van der Waals surface area contributed by atoms with Gasteiger partial charge in [0.05, 0.1) is 19.0 Å². The predicted octanol–water partition coefficient (Wildman–Crippen LogP) is 1.66. The third kappa shape index (κ3) is 2.97. The van der Waals surface area contributed by atoms with Gasteiger partial charge in [-0.05, 0) is 17.5 Å². The molecule has 0 atom stereocenters. The Morgan fingerprint density at radius 3 is 2.93 bits per heavy atom. The van der Waals surface area contributed by atoms with Crippen LogP contribution in [0.1, 0.15) is 9.67 Å². The van der Waals surface area contributed by atoms with Crippen molar-refractivity contribution < 1.29 is 9.39 Å². The number of rotatable bonds is 4. The predicted molar refractivity (Wildman–Crippen MR) is 59.0 cm³/mol. The quantitative estimate of drug-likeness (QED) is 0.458. The Kier molecular flexibility index (Phi) is 3.43. The minimum Gasteiger partial charge on any atom is -0.263 e. The zero-order valence-corrected chi connectivity index (χ0v) is 9.30. The van der Waals surface area contributed by atoms with E-state index in [9.17, 15) is 4.79 Å². The second-order valence-electron chi connectivity index (χ2n) is 3.57. The zero-order chi connectivity index (χ0) is 10.6. The Morgan fingerprint density at radius 2 is 2.43 bits per heavy atom. The van der Waals surface area contributed by atoms with Gasteiger partial charge in [0, 0.05) is 0 Å². The number of likely N-dealkylation sites (N-methyl/N-ethyl adjacent to an activating group) is 1. The van der Waals surface area contributed by atoms with E-state index in [0.29, 0.717) is 11.1 Å². The second-order valence-corrected chi connectivity index (χ2v) is 4.52. The number of nitrogens with zero attached hydrogens (tertiary/aromatic N) is 1. The highest BCUT2D eigenvalue weighted by atomic mass is 32.1. The Balaban J connectivity index is 2.61. The number of hydrogen-bond acceptors (Lipinski definition) is 2. The van der Waals surface area contributed by atoms with Gasteiger partial charge in [-0.25, -0.2) is 4.59 Å². The first-order valence-corrected chi connectivity index (χ1v) is 5.23. The number of thiophene rings is 1. The summed E-state index contributed by atoms with van der Waals surface area (Å²) in [5.74, 6) is -0.0353. The molecule has 0 aliphatic rings. The van der Waals surface area contributed by atoms with Crippen molar-refractivity contribution in [2.24, 2.45) is 0 Å². The summed E-state index contributed by atoms with van der Waals surface area (Å²) in [6, 6.07) is 3.68. The molecule has 14 heavy (non-hydrogen) atoms. The normalized spacial score (nSPS) is 11.0. The van der Waals surface area contributed by atoms with E-state index >= 15 is 0 Å². The van der Waals surface area contributed by atoms with Crippen molar-refractivity contribution in [1.29, 1.82) is 0 Å². The van der Waals surface area contributed by atoms with Gasteiger partial charge < -0.3 is 0 Å². The Labute approximate surface area is 88.2 Å². The maximum absolute atomic E-state index is 11.6. The van der Waals surface area contributed by atoms with Crippen LogP contribution >= 0.6 is 11.3 Å². The van der Waals surface area contributed by atoms with Gasteiger partial charge in [-0.3, -0.25) is 4.79 Å². The molecule has 0 fully saturated rings. The third-order valence-corrected chi connectivity index (χ3v) is 2.60. The van der Waals surface area contributed by atoms with Crippen LogP contribution in [0.4, 0.5) is 0 Å². The highest BCUT2D eigenvalue weighted by molar-refractivity contribution is 7.12. The van der Waals surface area contributed by atoms with Gasteiger partial charge in [0.2, 0.25) is 0 Å². The fraction of sp³-hybridized carbons (Fsp3) is 0.300. The standard InChI is InChI=1S/C10H14N2OS/c1-4-7-12(2,3)11-10(13)9-6-5-8-14-9/h4-6,8H,1,7H2,2-3H3/p+1. The monoisotopic (exact) mass is 211 g/mol. The summed E-state index contributed by atoms with van der Waals surface area (Å²) in [4.78, 5) is 12.4. The van der Waals surface area contributed by atoms with Crippen LogP contribution in [-0.4, -0.2) is 31.1 Å². The van der Waals surface area contributed by atoms with E-state index in [0.717, 1.165) is 4.88 Å². The van der Waals surface area contributed by atoms with Gasteiger partial charge in [-0.15, -0.1) is 11.3 Å². The number of quaternary nitrogens is 1. The molecule has 3 nitrogen and oxygen atoms in total. The van der Waals surface area contributed by atoms with E-state index in [2.05, 4.69) is 12.0 Å². The van der Waals surface area contributed by atoms with Crippen LogP contribution in [0.3, 0.4) is 0 Å². The molecule has 0 saturated carbocycles. The van der Waals surface area contributed by atoms with Crippen LogP contribution in [0.2, 0.25) is 0 Å². The minimum absolute atomic E-state index is 0.0353. The van der Waals surface area contributed by atoms with Crippen molar-refractivity contribution >= 4 is 17.2 Å². The fourth-order valence-electron chi connectivity index (χ4n) is 1.11. The summed E-state index contributed by atoms with van der Waals surface area (Å²) in [7, 11) is 3.85. The Morgan fingerprint density at radius 1 is 1.71 bits per heavy atom. The molecule has 1 heterocycles. The van der Waals surface area contributed by atoms with Crippen molar-refractivity contribution in [2.45, 2.75) is 0 Å². The summed E-state index contributed by atoms with van der Waals surface area (Å²) < 4.78 is 0.417. The van der Waals surface area contributed by atoms with Crippen molar-refractivity contribution in [3.05, 3.63) is 35.0 Å². The lowest BCUT2D eigenvalue weighted by Gasteiger charge is -2.27. The minimum atomic E-state index is -0.0353. The van der Waals surface area contributed by atoms with E-state index in [4.69, 9.17) is 0 Å². The highest BCUT2D eigenvalue weighted by Crippen LogP contribution is 2.08. The van der Waals surface area contributed by atoms with Crippen molar-refractivity contribution in [3.8, 4) is 0 Å². The first-order chi connectivity index (χ1) is 6.55. The number of nitrogens with one attached hydrogen (secondary N) is 1. The molecule has 1 rings (SSSR count). The molecule has 1 N–H and O–H groups in total. The maximum atomic E-state index is 11.6. The molecule has 1 aromatic heterocycles. The van der Waals surface area contributed by atoms with Gasteiger partial charge in [0.1, 0.15) is 6.54 Å². The van der Waals surface area contributed by atoms with E-state index in [1.165, 1.54) is 11.3 Å². The van der Waals surface area contributed by atoms with Crippen LogP contribution in [0, 0.1) is 0 Å². The summed E-state index contributed by atoms with van der Waals surface area (Å²) in [5, 5.41) is 1.89. The molecule has 0 unspecified atom stereocenters. The average Bonchev–Trinajstić information content (AvgIpc) is 2.53. The third-order valence-electron chi connectivity index (χ3n) is 1.73. The van der Waals surface area contributed by atoms with Crippen molar-refractivity contribution in [1.82, 2.24) is 5.43 Å². The largest absolute Gasteiger partial charge is 0.305 e. The average molecular weight is 211 g/mol. The lowest BCUT2D eigenvalue weighted by molar-refractivity contribution is -0.919. The summed E-state index contributed by atoms with van der Waals surface area (Å²) in [5.41, 5.74) is 2.90. The number of carbonyl (C=O) groups is 1. The van der Waals surface area contributed by atoms with Crippen molar-refractivity contribution in [2.75, 3.05) is 20.6 Å². The maximum Gasteiger partial charge on any atom is 0.305 e. The highest BCUT2D eigenvalue weighted by Gasteiger charge is 2.18. The molecule has 0 saturated heterocycles. The Hall–Kier alpha value is -1.13. The van der Waals surface area contributed by atoms with E-state index in [1.54, 1.807) is 6.08 Å². The molecule has 0 bridgehead atoms. The van der Waals surface area contributed by atoms with Gasteiger partial charge >= 0.3 is 5.91 Å². The van der Waals surface area contributed by atoms with Crippen molar-refractivity contribution in [3.63, 3.8) is 0 Å². The van der Waals surface area contributed by atoms with E-state index in [1.807, 2.05) is 31.6 Å². The zero-order valence-electron chi connectivity index (χ0n) is 8.49. The van der Waals surface area contributed by atoms with E-state index < -0.39 is 0 Å². The molecule has 0 radical (unpaired) electrons. The first-order valence-electron chi connectivity index (χ1n) is 4.35. The summed E-state index contributed by atoms with van der Waals surface area (Å²) in [6.45, 7) is 4.36. The molecular weight excluding hydrogens is 196 g/mol. The van der Waals surface area contributed by atoms with Crippen LogP contribution in [0.5, 0.6) is 0 Å². The van der Waals surface area contributed by atoms with Gasteiger partial charge in [-0.2, -0.15) is 5.43 Å². The molecule has 0 aliphatic heterocycles. The summed E-state index contributed by atoms with van der Waals surface area (Å²) in [6.07, 6.45) is 1.79. The van der Waals surface area contributed by atoms with Gasteiger partial charge in [-0.1, -0.05) is 12.6 Å². The van der Waals surface area contributed by atoms with Crippen LogP contribution in [0.25, 0.3) is 0 Å². The van der Waals surface area contributed by atoms with Crippen LogP contribution < -0.4 is 5.43 Å². The Bertz CT molecular complexity index is 317. The molecule has 1 amide bonds. The van der Waals surface area contributed by atoms with Gasteiger partial charge in [0.25, 0.3) is 0 Å². The topological polar surface area (TPSA) is 29.1 Å². The first kappa shape index (κ1) is 10.9. The fourth-order valence-corrected chi connectivity index (χ4v) is 1.72. The molecule has 76 valence electrons. The second kappa shape index (κ2) is 4.39. The number of hydrogen-bond donors (Lipinski definition) is 1. The van der Waals surface area contributed by atoms with Crippen LogP contribution in [0.15, 0.2) is 30.2 Å². The molecule has 0 aromatic carbocycles. The summed E-state index contributed by atoms with van der Waals surface area (Å²) >= 11 is 1.44. The van der Waals surface area contributed by atoms with Crippen LogP contribution in [-0.2, 0) is 0 Å². The van der Waals surface area contributed by atoms with E-state index in [-0.39, 0.29) is 5.91 Å². The number of amides is 1. The molecule has 1 aromatic rings. The SMILES string of the molecule is C=CC[N+](C)(C)NC(=O)c1cccs1. The lowest BCUT2D eigenvalue weighted by Crippen LogP contribution is -2.54. The number of carbonyl (C=O) groups excluding carboxylic acids is 1. The molecule has 0 spiro atoms. The lowest BCUT2D eigenvalue weighted by atomic mass is 10.4. The molecule has 4 heteroatoms. The molecular formula is C10H15N2OS+.